The van der Waals surface area contributed by atoms with Gasteiger partial charge in [0.05, 0.1) is 28.5 Å². The van der Waals surface area contributed by atoms with Crippen LogP contribution >= 0.6 is 0 Å². The highest BCUT2D eigenvalue weighted by Gasteiger charge is 2.38. The molecule has 3 fully saturated rings. The van der Waals surface area contributed by atoms with E-state index in [0.29, 0.717) is 55.5 Å². The Labute approximate surface area is 241 Å². The van der Waals surface area contributed by atoms with Gasteiger partial charge in [-0.15, -0.1) is 0 Å². The summed E-state index contributed by atoms with van der Waals surface area (Å²) in [5.41, 5.74) is 3.05. The summed E-state index contributed by atoms with van der Waals surface area (Å²) in [6.07, 6.45) is 3.28. The number of amides is 1. The highest BCUT2D eigenvalue weighted by molar-refractivity contribution is 7.91. The van der Waals surface area contributed by atoms with Crippen molar-refractivity contribution in [3.63, 3.8) is 0 Å². The van der Waals surface area contributed by atoms with E-state index >= 15 is 0 Å². The first-order valence-electron chi connectivity index (χ1n) is 14.4. The van der Waals surface area contributed by atoms with Gasteiger partial charge >= 0.3 is 6.09 Å². The Bertz CT molecular complexity index is 1420. The van der Waals surface area contributed by atoms with Gasteiger partial charge in [0.15, 0.2) is 15.6 Å². The lowest BCUT2D eigenvalue weighted by Crippen LogP contribution is -2.62. The number of carbonyl (C=O) groups is 1. The molecule has 13 heteroatoms. The predicted molar refractivity (Wildman–Crippen MR) is 155 cm³/mol. The molecule has 222 valence electrons. The third-order valence-electron chi connectivity index (χ3n) is 8.32. The molecule has 3 saturated heterocycles. The first kappa shape index (κ1) is 28.0. The van der Waals surface area contributed by atoms with E-state index in [4.69, 9.17) is 14.5 Å². The van der Waals surface area contributed by atoms with Gasteiger partial charge in [-0.05, 0) is 59.7 Å². The summed E-state index contributed by atoms with van der Waals surface area (Å²) < 4.78 is 35.6. The number of likely N-dealkylation sites (tertiary alicyclic amines) is 2. The molecule has 12 nitrogen and oxygen atoms in total. The van der Waals surface area contributed by atoms with Crippen LogP contribution in [-0.2, 0) is 21.2 Å². The van der Waals surface area contributed by atoms with E-state index in [9.17, 15) is 13.2 Å². The first-order chi connectivity index (χ1) is 19.5. The van der Waals surface area contributed by atoms with E-state index in [1.54, 1.807) is 4.90 Å². The Morgan fingerprint density at radius 3 is 2.49 bits per heavy atom. The van der Waals surface area contributed by atoms with Crippen LogP contribution in [0.15, 0.2) is 12.4 Å². The van der Waals surface area contributed by atoms with Gasteiger partial charge in [0, 0.05) is 43.8 Å². The second-order valence-electron chi connectivity index (χ2n) is 12.4. The van der Waals surface area contributed by atoms with Crippen molar-refractivity contribution in [2.24, 2.45) is 0 Å². The molecule has 4 aliphatic rings. The Hall–Kier alpha value is -3.19. The average molecular weight is 586 g/mol. The molecule has 0 saturated carbocycles. The Morgan fingerprint density at radius 1 is 1.10 bits per heavy atom. The molecule has 6 heterocycles. The van der Waals surface area contributed by atoms with Crippen molar-refractivity contribution < 1.29 is 22.7 Å². The van der Waals surface area contributed by atoms with Crippen LogP contribution in [0.25, 0.3) is 0 Å². The van der Waals surface area contributed by atoms with Crippen molar-refractivity contribution in [1.29, 1.82) is 0 Å². The number of carbonyl (C=O) groups excluding carboxylic acids is 1. The van der Waals surface area contributed by atoms with Crippen LogP contribution < -0.4 is 15.0 Å². The summed E-state index contributed by atoms with van der Waals surface area (Å²) in [7, 11) is -3.00. The smallest absolute Gasteiger partial charge is 0.410 e. The molecular formula is C28H39N7O5S. The van der Waals surface area contributed by atoms with Crippen LogP contribution in [0.5, 0.6) is 5.75 Å². The highest BCUT2D eigenvalue weighted by Crippen LogP contribution is 2.40. The summed E-state index contributed by atoms with van der Waals surface area (Å²) >= 11 is 0. The minimum absolute atomic E-state index is 0.119. The van der Waals surface area contributed by atoms with E-state index in [-0.39, 0.29) is 24.2 Å². The van der Waals surface area contributed by atoms with Crippen molar-refractivity contribution >= 4 is 33.3 Å². The number of aromatic nitrogens is 3. The lowest BCUT2D eigenvalue weighted by atomic mass is 9.91. The number of rotatable bonds is 3. The SMILES string of the molecule is Cc1nc(C2CCN(C3CN(C(=O)OC(C)(C)C)C3)CC2)cc2c1OCc1c(ncnc1N1CCS(=O)(=O)CC1)N2. The van der Waals surface area contributed by atoms with Crippen LogP contribution in [-0.4, -0.2) is 102 Å². The first-order valence-corrected chi connectivity index (χ1v) is 16.2. The number of fused-ring (bicyclic) bond motifs is 2. The second kappa shape index (κ2) is 10.6. The normalized spacial score (nSPS) is 21.6. The molecule has 0 unspecified atom stereocenters. The number of piperidine rings is 1. The molecule has 0 radical (unpaired) electrons. The van der Waals surface area contributed by atoms with Crippen LogP contribution in [0.4, 0.5) is 22.1 Å². The summed E-state index contributed by atoms with van der Waals surface area (Å²) in [6, 6.07) is 2.46. The fraction of sp³-hybridized carbons (Fsp3) is 0.643. The number of aryl methyl sites for hydroxylation is 1. The quantitative estimate of drug-likeness (QED) is 0.571. The zero-order valence-corrected chi connectivity index (χ0v) is 25.0. The second-order valence-corrected chi connectivity index (χ2v) is 14.7. The maximum absolute atomic E-state index is 12.3. The van der Waals surface area contributed by atoms with Gasteiger partial charge in [-0.25, -0.2) is 23.2 Å². The van der Waals surface area contributed by atoms with E-state index < -0.39 is 15.4 Å². The molecule has 0 spiro atoms. The molecule has 0 aromatic carbocycles. The summed E-state index contributed by atoms with van der Waals surface area (Å²) in [5, 5.41) is 3.48. The van der Waals surface area contributed by atoms with Crippen molar-refractivity contribution in [3.8, 4) is 5.75 Å². The van der Waals surface area contributed by atoms with Crippen LogP contribution in [0.1, 0.15) is 56.5 Å². The molecule has 2 aromatic rings. The van der Waals surface area contributed by atoms with Crippen molar-refractivity contribution in [2.45, 2.75) is 64.7 Å². The Balaban J connectivity index is 1.11. The highest BCUT2D eigenvalue weighted by atomic mass is 32.2. The Morgan fingerprint density at radius 2 is 1.80 bits per heavy atom. The fourth-order valence-electron chi connectivity index (χ4n) is 6.00. The Kier molecular flexibility index (Phi) is 7.21. The van der Waals surface area contributed by atoms with Crippen molar-refractivity contribution in [1.82, 2.24) is 24.8 Å². The zero-order valence-electron chi connectivity index (χ0n) is 24.2. The standard InChI is InChI=1S/C28H39N7O5S/c1-18-24-23(32-25-21(16-39-24)26(30-17-29-25)34-9-11-41(37,38)12-10-34)13-22(31-18)19-5-7-33(8-6-19)20-14-35(15-20)27(36)40-28(2,3)4/h13,17,19-20H,5-12,14-16H2,1-4H3,(H,29,30,32). The fourth-order valence-corrected chi connectivity index (χ4v) is 7.20. The summed E-state index contributed by atoms with van der Waals surface area (Å²) in [4.78, 5) is 32.5. The molecular weight excluding hydrogens is 546 g/mol. The van der Waals surface area contributed by atoms with Gasteiger partial charge in [0.2, 0.25) is 0 Å². The molecule has 2 aromatic heterocycles. The van der Waals surface area contributed by atoms with Gasteiger partial charge in [-0.1, -0.05) is 0 Å². The molecule has 4 aliphatic heterocycles. The number of hydrogen-bond donors (Lipinski definition) is 1. The molecule has 1 amide bonds. The van der Waals surface area contributed by atoms with E-state index in [0.717, 1.165) is 48.6 Å². The van der Waals surface area contributed by atoms with E-state index in [2.05, 4.69) is 26.3 Å². The number of anilines is 3. The molecule has 6 rings (SSSR count). The van der Waals surface area contributed by atoms with Crippen LogP contribution in [0.3, 0.4) is 0 Å². The molecule has 1 N–H and O–H groups in total. The van der Waals surface area contributed by atoms with Crippen LogP contribution in [0, 0.1) is 6.92 Å². The maximum Gasteiger partial charge on any atom is 0.410 e. The number of hydrogen-bond acceptors (Lipinski definition) is 11. The zero-order chi connectivity index (χ0) is 28.9. The monoisotopic (exact) mass is 585 g/mol. The largest absolute Gasteiger partial charge is 0.485 e. The molecule has 0 bridgehead atoms. The molecule has 0 aliphatic carbocycles. The average Bonchev–Trinajstić information content (AvgIpc) is 3.07. The van der Waals surface area contributed by atoms with Crippen LogP contribution in [0.2, 0.25) is 0 Å². The third-order valence-corrected chi connectivity index (χ3v) is 9.93. The summed E-state index contributed by atoms with van der Waals surface area (Å²) in [6.45, 7) is 12.1. The predicted octanol–water partition coefficient (Wildman–Crippen LogP) is 2.85. The van der Waals surface area contributed by atoms with E-state index in [1.807, 2.05) is 32.6 Å². The minimum atomic E-state index is -3.00. The lowest BCUT2D eigenvalue weighted by Gasteiger charge is -2.47. The van der Waals surface area contributed by atoms with Crippen molar-refractivity contribution in [3.05, 3.63) is 29.3 Å². The van der Waals surface area contributed by atoms with Gasteiger partial charge in [0.25, 0.3) is 0 Å². The topological polar surface area (TPSA) is 130 Å². The molecule has 41 heavy (non-hydrogen) atoms. The maximum atomic E-state index is 12.3. The lowest BCUT2D eigenvalue weighted by molar-refractivity contribution is -0.0197. The summed E-state index contributed by atoms with van der Waals surface area (Å²) in [5.74, 6) is 2.66. The van der Waals surface area contributed by atoms with Gasteiger partial charge in [-0.2, -0.15) is 0 Å². The minimum Gasteiger partial charge on any atom is -0.485 e. The number of sulfone groups is 1. The van der Waals surface area contributed by atoms with E-state index in [1.165, 1.54) is 6.33 Å². The number of nitrogens with one attached hydrogen (secondary N) is 1. The van der Waals surface area contributed by atoms with Crippen molar-refractivity contribution in [2.75, 3.05) is 61.0 Å². The van der Waals surface area contributed by atoms with Gasteiger partial charge < -0.3 is 24.6 Å². The number of pyridine rings is 1. The molecule has 0 atom stereocenters. The number of nitrogens with zero attached hydrogens (tertiary/aromatic N) is 6. The van der Waals surface area contributed by atoms with Gasteiger partial charge in [-0.3, -0.25) is 9.88 Å². The third kappa shape index (κ3) is 5.92. The number of ether oxygens (including phenoxy) is 2. The van der Waals surface area contributed by atoms with Gasteiger partial charge in [0.1, 0.15) is 30.2 Å².